The Kier molecular flexibility index (Phi) is 9.74. The van der Waals surface area contributed by atoms with Gasteiger partial charge in [0, 0.05) is 42.4 Å². The molecule has 4 heterocycles. The Morgan fingerprint density at radius 2 is 1.87 bits per heavy atom. The van der Waals surface area contributed by atoms with Crippen molar-refractivity contribution >= 4 is 37.5 Å². The number of hydrogen-bond donors (Lipinski definition) is 2. The van der Waals surface area contributed by atoms with Crippen LogP contribution in [0.2, 0.25) is 18.6 Å². The molecule has 3 aromatic carbocycles. The second kappa shape index (κ2) is 14.2. The molecule has 0 saturated carbocycles. The number of anilines is 2. The molecular formula is C39H45N5O8Si. The highest BCUT2D eigenvalue weighted by molar-refractivity contribution is 6.71. The number of esters is 1. The molecule has 0 bridgehead atoms. The Bertz CT molecular complexity index is 2020. The van der Waals surface area contributed by atoms with E-state index in [0.29, 0.717) is 41.3 Å². The number of aryl methyl sites for hydroxylation is 1. The third-order valence-corrected chi connectivity index (χ3v) is 13.4. The average Bonchev–Trinajstić information content (AvgIpc) is 3.78. The minimum Gasteiger partial charge on any atom is -0.497 e. The molecule has 53 heavy (non-hydrogen) atoms. The summed E-state index contributed by atoms with van der Waals surface area (Å²) in [6.07, 6.45) is 1.26. The van der Waals surface area contributed by atoms with Crippen LogP contribution in [0, 0.1) is 5.92 Å². The van der Waals surface area contributed by atoms with Gasteiger partial charge in [-0.25, -0.2) is 0 Å². The number of methoxy groups -OCH3 is 1. The number of nitrogens with zero attached hydrogens (tertiary/aromatic N) is 5. The van der Waals surface area contributed by atoms with Crippen LogP contribution in [-0.4, -0.2) is 77.0 Å². The summed E-state index contributed by atoms with van der Waals surface area (Å²) in [6.45, 7) is 7.58. The van der Waals surface area contributed by atoms with E-state index in [1.165, 1.54) is 11.8 Å². The van der Waals surface area contributed by atoms with Crippen LogP contribution < -0.4 is 14.5 Å². The van der Waals surface area contributed by atoms with E-state index in [9.17, 15) is 24.3 Å². The van der Waals surface area contributed by atoms with E-state index >= 15 is 0 Å². The van der Waals surface area contributed by atoms with Crippen LogP contribution in [0.3, 0.4) is 0 Å². The second-order valence-corrected chi connectivity index (χ2v) is 18.7. The molecule has 2 fully saturated rings. The van der Waals surface area contributed by atoms with Gasteiger partial charge in [0.05, 0.1) is 50.1 Å². The fourth-order valence-electron chi connectivity index (χ4n) is 8.48. The molecule has 6 atom stereocenters. The molecule has 13 nitrogen and oxygen atoms in total. The number of aliphatic hydroxyl groups is 1. The highest BCUT2D eigenvalue weighted by atomic mass is 28.4. The zero-order valence-corrected chi connectivity index (χ0v) is 31.5. The number of aromatic nitrogens is 3. The SMILES string of the molecule is COc1ccc2c(c1)[C@@]1(O[C@H](CCn3cc(C(CO)c4ccccc4)nn3)[C@@H]([Si](C)(C)O)[C@@H]1C)C(=O)N2Cc1cccc(N2C(=O)CC2OC(C)=O)c1. The van der Waals surface area contributed by atoms with E-state index in [-0.39, 0.29) is 48.8 Å². The molecule has 3 aliphatic heterocycles. The van der Waals surface area contributed by atoms with Gasteiger partial charge in [0.2, 0.25) is 5.91 Å². The summed E-state index contributed by atoms with van der Waals surface area (Å²) in [5.74, 6) is -0.988. The van der Waals surface area contributed by atoms with Crippen molar-refractivity contribution in [2.24, 2.45) is 5.92 Å². The molecule has 2 amide bonds. The lowest BCUT2D eigenvalue weighted by Crippen LogP contribution is -2.54. The van der Waals surface area contributed by atoms with Gasteiger partial charge in [-0.05, 0) is 61.0 Å². The van der Waals surface area contributed by atoms with Crippen LogP contribution in [-0.2, 0) is 42.5 Å². The van der Waals surface area contributed by atoms with Crippen molar-refractivity contribution in [1.82, 2.24) is 15.0 Å². The Morgan fingerprint density at radius 1 is 1.09 bits per heavy atom. The lowest BCUT2D eigenvalue weighted by atomic mass is 9.82. The number of β-lactam (4-membered cyclic amide) rings is 1. The molecule has 14 heteroatoms. The zero-order chi connectivity index (χ0) is 37.7. The maximum atomic E-state index is 15.0. The summed E-state index contributed by atoms with van der Waals surface area (Å²) in [6, 6.07) is 22.5. The highest BCUT2D eigenvalue weighted by Gasteiger charge is 2.66. The quantitative estimate of drug-likeness (QED) is 0.121. The highest BCUT2D eigenvalue weighted by Crippen LogP contribution is 2.60. The first-order valence-corrected chi connectivity index (χ1v) is 20.9. The molecule has 278 valence electrons. The first kappa shape index (κ1) is 36.5. The molecule has 0 aliphatic carbocycles. The van der Waals surface area contributed by atoms with Crippen molar-refractivity contribution in [3.63, 3.8) is 0 Å². The minimum absolute atomic E-state index is 0.113. The van der Waals surface area contributed by atoms with Gasteiger partial charge >= 0.3 is 5.97 Å². The van der Waals surface area contributed by atoms with Crippen LogP contribution in [0.1, 0.15) is 55.0 Å². The Hall–Kier alpha value is -4.89. The average molecular weight is 740 g/mol. The van der Waals surface area contributed by atoms with Gasteiger partial charge in [-0.15, -0.1) is 5.10 Å². The summed E-state index contributed by atoms with van der Waals surface area (Å²) in [4.78, 5) is 54.1. The normalized spacial score (nSPS) is 24.4. The molecule has 2 N–H and O–H groups in total. The van der Waals surface area contributed by atoms with Gasteiger partial charge in [-0.3, -0.25) is 24.0 Å². The zero-order valence-electron chi connectivity index (χ0n) is 30.5. The summed E-state index contributed by atoms with van der Waals surface area (Å²) < 4.78 is 19.7. The van der Waals surface area contributed by atoms with Gasteiger partial charge in [0.15, 0.2) is 20.1 Å². The van der Waals surface area contributed by atoms with E-state index in [2.05, 4.69) is 10.3 Å². The van der Waals surface area contributed by atoms with Crippen molar-refractivity contribution in [3.8, 4) is 5.75 Å². The maximum absolute atomic E-state index is 15.0. The Balaban J connectivity index is 1.18. The van der Waals surface area contributed by atoms with Gasteiger partial charge in [-0.1, -0.05) is 54.6 Å². The van der Waals surface area contributed by atoms with Gasteiger partial charge in [0.1, 0.15) is 5.75 Å². The number of aliphatic hydroxyl groups excluding tert-OH is 1. The third kappa shape index (κ3) is 6.53. The van der Waals surface area contributed by atoms with Gasteiger partial charge in [-0.2, -0.15) is 0 Å². The number of fused-ring (bicyclic) bond motifs is 2. The van der Waals surface area contributed by atoms with Crippen molar-refractivity contribution in [2.45, 2.75) is 82.3 Å². The number of benzene rings is 3. The number of carbonyl (C=O) groups is 3. The van der Waals surface area contributed by atoms with Crippen molar-refractivity contribution < 1.29 is 38.5 Å². The van der Waals surface area contributed by atoms with E-state index in [1.807, 2.05) is 92.9 Å². The van der Waals surface area contributed by atoms with Crippen molar-refractivity contribution in [2.75, 3.05) is 23.5 Å². The summed E-state index contributed by atoms with van der Waals surface area (Å²) in [5.41, 5.74) is 2.60. The van der Waals surface area contributed by atoms with E-state index in [4.69, 9.17) is 14.2 Å². The second-order valence-electron chi connectivity index (χ2n) is 14.7. The molecule has 2 saturated heterocycles. The summed E-state index contributed by atoms with van der Waals surface area (Å²) in [5, 5.41) is 18.9. The fraction of sp³-hybridized carbons (Fsp3) is 0.410. The van der Waals surface area contributed by atoms with E-state index in [1.54, 1.807) is 22.8 Å². The van der Waals surface area contributed by atoms with Crippen LogP contribution in [0.5, 0.6) is 5.75 Å². The molecule has 1 spiro atoms. The number of ether oxygens (including phenoxy) is 3. The molecular weight excluding hydrogens is 695 g/mol. The van der Waals surface area contributed by atoms with Crippen molar-refractivity contribution in [3.05, 3.63) is 101 Å². The van der Waals surface area contributed by atoms with Crippen LogP contribution in [0.4, 0.5) is 11.4 Å². The molecule has 3 aliphatic rings. The first-order chi connectivity index (χ1) is 25.3. The summed E-state index contributed by atoms with van der Waals surface area (Å²) >= 11 is 0. The summed E-state index contributed by atoms with van der Waals surface area (Å²) in [7, 11) is -1.36. The topological polar surface area (TPSA) is 157 Å². The number of carbonyl (C=O) groups excluding carboxylic acids is 3. The molecule has 7 rings (SSSR count). The lowest BCUT2D eigenvalue weighted by Gasteiger charge is -2.39. The first-order valence-electron chi connectivity index (χ1n) is 17.9. The van der Waals surface area contributed by atoms with E-state index < -0.39 is 32.2 Å². The van der Waals surface area contributed by atoms with Gasteiger partial charge < -0.3 is 29.0 Å². The monoisotopic (exact) mass is 739 g/mol. The van der Waals surface area contributed by atoms with Crippen LogP contribution >= 0.6 is 0 Å². The molecule has 0 radical (unpaired) electrons. The maximum Gasteiger partial charge on any atom is 0.304 e. The van der Waals surface area contributed by atoms with Crippen molar-refractivity contribution in [1.29, 1.82) is 0 Å². The van der Waals surface area contributed by atoms with Crippen LogP contribution in [0.15, 0.2) is 79.0 Å². The predicted octanol–water partition coefficient (Wildman–Crippen LogP) is 4.47. The van der Waals surface area contributed by atoms with Gasteiger partial charge in [0.25, 0.3) is 5.91 Å². The number of hydrogen-bond acceptors (Lipinski definition) is 10. The lowest BCUT2D eigenvalue weighted by molar-refractivity contribution is -0.154. The number of rotatable bonds is 12. The molecule has 4 aromatic rings. The standard InChI is InChI=1S/C39H45N5O8Si/c1-24-37(53(4,5)49)34(16-17-42-22-32(40-41-42)30(23-45)27-11-7-6-8-12-27)52-39(24)31-19-29(50-3)14-15-33(31)43(38(39)48)21-26-10-9-13-28(18-26)44-35(47)20-36(44)51-25(2)46/h6-15,18-19,22,24,30,34,36-37,45,49H,16-17,20-21,23H2,1-5H3/t24-,30?,34+,36?,37-,39+/m0/s1. The smallest absolute Gasteiger partial charge is 0.304 e. The number of amides is 2. The fourth-order valence-corrected chi connectivity index (χ4v) is 11.1. The van der Waals surface area contributed by atoms with Crippen LogP contribution in [0.25, 0.3) is 0 Å². The minimum atomic E-state index is -2.93. The largest absolute Gasteiger partial charge is 0.497 e. The molecule has 1 aromatic heterocycles. The predicted molar refractivity (Wildman–Crippen MR) is 197 cm³/mol. The Morgan fingerprint density at radius 3 is 2.55 bits per heavy atom. The van der Waals surface area contributed by atoms with E-state index in [0.717, 1.165) is 11.1 Å². The third-order valence-electron chi connectivity index (χ3n) is 10.9. The Labute approximate surface area is 309 Å². The molecule has 2 unspecified atom stereocenters.